The van der Waals surface area contributed by atoms with Gasteiger partial charge in [0.05, 0.1) is 22.5 Å². The first-order chi connectivity index (χ1) is 14.3. The minimum absolute atomic E-state index is 0.0800. The summed E-state index contributed by atoms with van der Waals surface area (Å²) in [5.41, 5.74) is 2.48. The van der Waals surface area contributed by atoms with Crippen LogP contribution in [0.5, 0.6) is 0 Å². The van der Waals surface area contributed by atoms with E-state index >= 15 is 0 Å². The largest absolute Gasteiger partial charge is 0.303 e. The second kappa shape index (κ2) is 8.12. The molecular formula is C22H21N3O3S2. The van der Waals surface area contributed by atoms with Crippen molar-refractivity contribution in [1.82, 2.24) is 4.98 Å². The molecule has 1 aliphatic rings. The third-order valence-electron chi connectivity index (χ3n) is 5.15. The summed E-state index contributed by atoms with van der Waals surface area (Å²) in [5, 5.41) is 5.17. The molecule has 0 spiro atoms. The standard InChI is InChI=1S/C22H21N3O3S2/c1-12-6-8-15(9-7-12)25-18(27)11-16(19(25)17-5-4-10-29-17)21(28)24-22-23-13(2)20(30-22)14(3)26/h4-10,16,19H,11H2,1-3H3,(H,23,24,28)/t16-,19-/m0/s1. The molecule has 3 heterocycles. The minimum atomic E-state index is -0.553. The highest BCUT2D eigenvalue weighted by Crippen LogP contribution is 2.43. The topological polar surface area (TPSA) is 79.4 Å². The number of ketones is 1. The fourth-order valence-electron chi connectivity index (χ4n) is 3.74. The van der Waals surface area contributed by atoms with E-state index in [2.05, 4.69) is 10.3 Å². The second-order valence-corrected chi connectivity index (χ2v) is 9.33. The molecule has 4 rings (SSSR count). The number of benzene rings is 1. The van der Waals surface area contributed by atoms with E-state index in [0.29, 0.717) is 15.7 Å². The lowest BCUT2D eigenvalue weighted by molar-refractivity contribution is -0.122. The molecule has 0 aliphatic carbocycles. The molecule has 0 unspecified atom stereocenters. The average molecular weight is 440 g/mol. The fourth-order valence-corrected chi connectivity index (χ4v) is 5.48. The minimum Gasteiger partial charge on any atom is -0.303 e. The lowest BCUT2D eigenvalue weighted by atomic mass is 9.97. The number of aromatic nitrogens is 1. The van der Waals surface area contributed by atoms with Crippen molar-refractivity contribution in [3.05, 3.63) is 62.8 Å². The highest BCUT2D eigenvalue weighted by Gasteiger charge is 2.46. The SMILES string of the molecule is CC(=O)c1sc(NC(=O)[C@H]2CC(=O)N(c3ccc(C)cc3)[C@@H]2c2cccs2)nc1C. The highest BCUT2D eigenvalue weighted by atomic mass is 32.1. The Kier molecular flexibility index (Phi) is 5.53. The van der Waals surface area contributed by atoms with E-state index < -0.39 is 5.92 Å². The first-order valence-corrected chi connectivity index (χ1v) is 11.3. The van der Waals surface area contributed by atoms with Crippen LogP contribution in [0.15, 0.2) is 41.8 Å². The van der Waals surface area contributed by atoms with Crippen LogP contribution >= 0.6 is 22.7 Å². The van der Waals surface area contributed by atoms with Crippen LogP contribution in [0, 0.1) is 19.8 Å². The summed E-state index contributed by atoms with van der Waals surface area (Å²) in [6.45, 7) is 5.22. The number of carbonyl (C=O) groups excluding carboxylic acids is 3. The molecule has 6 nitrogen and oxygen atoms in total. The van der Waals surface area contributed by atoms with Gasteiger partial charge in [-0.3, -0.25) is 14.4 Å². The molecular weight excluding hydrogens is 418 g/mol. The molecule has 2 atom stereocenters. The van der Waals surface area contributed by atoms with Gasteiger partial charge in [-0.2, -0.15) is 0 Å². The van der Waals surface area contributed by atoms with Gasteiger partial charge in [-0.1, -0.05) is 35.1 Å². The lowest BCUT2D eigenvalue weighted by Gasteiger charge is -2.27. The number of thiazole rings is 1. The van der Waals surface area contributed by atoms with Gasteiger partial charge in [-0.05, 0) is 37.4 Å². The molecule has 3 aromatic rings. The number of nitrogens with zero attached hydrogens (tertiary/aromatic N) is 2. The number of aryl methyl sites for hydroxylation is 2. The zero-order valence-electron chi connectivity index (χ0n) is 16.8. The van der Waals surface area contributed by atoms with Crippen molar-refractivity contribution in [2.24, 2.45) is 5.92 Å². The first-order valence-electron chi connectivity index (χ1n) is 9.56. The summed E-state index contributed by atoms with van der Waals surface area (Å²) < 4.78 is 0. The smallest absolute Gasteiger partial charge is 0.232 e. The van der Waals surface area contributed by atoms with Crippen LogP contribution in [-0.2, 0) is 9.59 Å². The number of rotatable bonds is 5. The van der Waals surface area contributed by atoms with E-state index in [4.69, 9.17) is 0 Å². The number of amides is 2. The number of hydrogen-bond acceptors (Lipinski definition) is 6. The monoisotopic (exact) mass is 439 g/mol. The summed E-state index contributed by atoms with van der Waals surface area (Å²) >= 11 is 2.69. The van der Waals surface area contributed by atoms with Gasteiger partial charge in [0, 0.05) is 23.9 Å². The van der Waals surface area contributed by atoms with Gasteiger partial charge < -0.3 is 10.2 Å². The van der Waals surface area contributed by atoms with Crippen LogP contribution < -0.4 is 10.2 Å². The van der Waals surface area contributed by atoms with Gasteiger partial charge in [0.2, 0.25) is 11.8 Å². The molecule has 1 saturated heterocycles. The normalized spacial score (nSPS) is 18.6. The Morgan fingerprint density at radius 1 is 1.17 bits per heavy atom. The molecule has 0 saturated carbocycles. The van der Waals surface area contributed by atoms with Crippen molar-refractivity contribution in [2.75, 3.05) is 10.2 Å². The van der Waals surface area contributed by atoms with Crippen LogP contribution in [0.1, 0.15) is 45.2 Å². The molecule has 0 radical (unpaired) electrons. The van der Waals surface area contributed by atoms with Gasteiger partial charge >= 0.3 is 0 Å². The lowest BCUT2D eigenvalue weighted by Crippen LogP contribution is -2.31. The van der Waals surface area contributed by atoms with Crippen molar-refractivity contribution in [1.29, 1.82) is 0 Å². The number of Topliss-reactive ketones (excluding diaryl/α,β-unsaturated/α-hetero) is 1. The molecule has 8 heteroatoms. The quantitative estimate of drug-likeness (QED) is 0.582. The fraction of sp³-hybridized carbons (Fsp3) is 0.273. The molecule has 1 N–H and O–H groups in total. The Balaban J connectivity index is 1.65. The third-order valence-corrected chi connectivity index (χ3v) is 7.27. The van der Waals surface area contributed by atoms with E-state index in [0.717, 1.165) is 27.5 Å². The Bertz CT molecular complexity index is 1100. The third kappa shape index (κ3) is 3.80. The van der Waals surface area contributed by atoms with Gasteiger partial charge in [0.15, 0.2) is 10.9 Å². The maximum atomic E-state index is 13.2. The number of anilines is 2. The molecule has 1 aromatic carbocycles. The molecule has 1 fully saturated rings. The zero-order valence-corrected chi connectivity index (χ0v) is 18.5. The Labute approximate surface area is 182 Å². The average Bonchev–Trinajstić information content (AvgIpc) is 3.41. The summed E-state index contributed by atoms with van der Waals surface area (Å²) in [6.07, 6.45) is 0.117. The van der Waals surface area contributed by atoms with Crippen LogP contribution in [0.3, 0.4) is 0 Å². The van der Waals surface area contributed by atoms with E-state index in [1.54, 1.807) is 11.8 Å². The van der Waals surface area contributed by atoms with Crippen LogP contribution in [0.2, 0.25) is 0 Å². The van der Waals surface area contributed by atoms with Crippen molar-refractivity contribution >= 4 is 51.1 Å². The van der Waals surface area contributed by atoms with E-state index in [9.17, 15) is 14.4 Å². The van der Waals surface area contributed by atoms with E-state index in [1.807, 2.05) is 48.7 Å². The van der Waals surface area contributed by atoms with Crippen LogP contribution in [-0.4, -0.2) is 22.6 Å². The van der Waals surface area contributed by atoms with Gasteiger partial charge in [0.25, 0.3) is 0 Å². The predicted octanol–water partition coefficient (Wildman–Crippen LogP) is 4.76. The molecule has 30 heavy (non-hydrogen) atoms. The van der Waals surface area contributed by atoms with Crippen LogP contribution in [0.25, 0.3) is 0 Å². The summed E-state index contributed by atoms with van der Waals surface area (Å²) in [7, 11) is 0. The maximum Gasteiger partial charge on any atom is 0.232 e. The maximum absolute atomic E-state index is 13.2. The second-order valence-electron chi connectivity index (χ2n) is 7.35. The predicted molar refractivity (Wildman–Crippen MR) is 119 cm³/mol. The molecule has 154 valence electrons. The number of carbonyl (C=O) groups is 3. The highest BCUT2D eigenvalue weighted by molar-refractivity contribution is 7.17. The van der Waals surface area contributed by atoms with Gasteiger partial charge in [-0.15, -0.1) is 11.3 Å². The van der Waals surface area contributed by atoms with Crippen molar-refractivity contribution in [2.45, 2.75) is 33.2 Å². The summed E-state index contributed by atoms with van der Waals surface area (Å²) in [4.78, 5) is 45.4. The molecule has 1 aliphatic heterocycles. The Morgan fingerprint density at radius 3 is 2.50 bits per heavy atom. The van der Waals surface area contributed by atoms with Gasteiger partial charge in [-0.25, -0.2) is 4.98 Å². The number of hydrogen-bond donors (Lipinski definition) is 1. The van der Waals surface area contributed by atoms with Crippen LogP contribution in [0.4, 0.5) is 10.8 Å². The van der Waals surface area contributed by atoms with Gasteiger partial charge in [0.1, 0.15) is 0 Å². The Hall–Kier alpha value is -2.84. The van der Waals surface area contributed by atoms with E-state index in [1.165, 1.54) is 18.3 Å². The molecule has 0 bridgehead atoms. The zero-order chi connectivity index (χ0) is 21.4. The van der Waals surface area contributed by atoms with Crippen molar-refractivity contribution in [3.63, 3.8) is 0 Å². The van der Waals surface area contributed by atoms with Crippen molar-refractivity contribution < 1.29 is 14.4 Å². The number of thiophene rings is 1. The van der Waals surface area contributed by atoms with Crippen molar-refractivity contribution in [3.8, 4) is 0 Å². The molecule has 2 amide bonds. The molecule has 2 aromatic heterocycles. The summed E-state index contributed by atoms with van der Waals surface area (Å²) in [6, 6.07) is 11.3. The Morgan fingerprint density at radius 2 is 1.90 bits per heavy atom. The first kappa shape index (κ1) is 20.4. The van der Waals surface area contributed by atoms with E-state index in [-0.39, 0.29) is 30.1 Å². The number of nitrogens with one attached hydrogen (secondary N) is 1. The summed E-state index contributed by atoms with van der Waals surface area (Å²) in [5.74, 6) is -0.983.